The van der Waals surface area contributed by atoms with Crippen LogP contribution >= 0.6 is 11.8 Å². The van der Waals surface area contributed by atoms with E-state index >= 15 is 0 Å². The molecule has 0 aromatic carbocycles. The van der Waals surface area contributed by atoms with E-state index < -0.39 is 0 Å². The van der Waals surface area contributed by atoms with E-state index in [1.165, 1.54) is 25.7 Å². The Balaban J connectivity index is 2.18. The summed E-state index contributed by atoms with van der Waals surface area (Å²) >= 11 is 1.61. The van der Waals surface area contributed by atoms with Gasteiger partial charge in [0.25, 0.3) is 0 Å². The molecule has 0 atom stereocenters. The second kappa shape index (κ2) is 6.01. The number of carbonyl (C=O) groups excluding carboxylic acids is 1. The molecule has 1 saturated carbocycles. The number of allylic oxidation sites excluding steroid dienone is 2. The Morgan fingerprint density at radius 3 is 2.71 bits per heavy atom. The SMILES string of the molecule is CSc1ccc(/C(C=O)=C\C2CCCC2)cn1. The van der Waals surface area contributed by atoms with Crippen LogP contribution in [0.2, 0.25) is 0 Å². The second-order valence-electron chi connectivity index (χ2n) is 4.37. The lowest BCUT2D eigenvalue weighted by atomic mass is 10.0. The minimum absolute atomic E-state index is 0.579. The third-order valence-corrected chi connectivity index (χ3v) is 3.88. The molecule has 2 rings (SSSR count). The van der Waals surface area contributed by atoms with Crippen LogP contribution in [0.25, 0.3) is 5.57 Å². The molecule has 90 valence electrons. The van der Waals surface area contributed by atoms with Gasteiger partial charge in [-0.25, -0.2) is 4.98 Å². The van der Waals surface area contributed by atoms with Gasteiger partial charge >= 0.3 is 0 Å². The van der Waals surface area contributed by atoms with E-state index in [4.69, 9.17) is 0 Å². The van der Waals surface area contributed by atoms with Crippen LogP contribution in [0.5, 0.6) is 0 Å². The van der Waals surface area contributed by atoms with E-state index in [0.717, 1.165) is 22.4 Å². The van der Waals surface area contributed by atoms with Gasteiger partial charge in [-0.3, -0.25) is 4.79 Å². The van der Waals surface area contributed by atoms with E-state index in [2.05, 4.69) is 11.1 Å². The smallest absolute Gasteiger partial charge is 0.150 e. The molecule has 17 heavy (non-hydrogen) atoms. The molecule has 0 N–H and O–H groups in total. The van der Waals surface area contributed by atoms with Gasteiger partial charge in [-0.2, -0.15) is 0 Å². The average molecular weight is 247 g/mol. The first-order valence-electron chi connectivity index (χ1n) is 6.01. The molecule has 0 saturated heterocycles. The Kier molecular flexibility index (Phi) is 4.37. The molecule has 0 radical (unpaired) electrons. The summed E-state index contributed by atoms with van der Waals surface area (Å²) in [5.41, 5.74) is 1.72. The Morgan fingerprint density at radius 2 is 2.18 bits per heavy atom. The van der Waals surface area contributed by atoms with Crippen LogP contribution in [-0.2, 0) is 4.79 Å². The van der Waals surface area contributed by atoms with Crippen molar-refractivity contribution in [1.29, 1.82) is 0 Å². The Morgan fingerprint density at radius 1 is 1.41 bits per heavy atom. The van der Waals surface area contributed by atoms with Gasteiger partial charge in [-0.1, -0.05) is 25.0 Å². The fourth-order valence-electron chi connectivity index (χ4n) is 2.25. The van der Waals surface area contributed by atoms with Crippen molar-refractivity contribution in [2.45, 2.75) is 30.7 Å². The van der Waals surface area contributed by atoms with Gasteiger partial charge in [0.15, 0.2) is 0 Å². The largest absolute Gasteiger partial charge is 0.298 e. The zero-order chi connectivity index (χ0) is 12.1. The molecule has 0 spiro atoms. The number of rotatable bonds is 4. The summed E-state index contributed by atoms with van der Waals surface area (Å²) in [6, 6.07) is 3.94. The highest BCUT2D eigenvalue weighted by molar-refractivity contribution is 7.98. The van der Waals surface area contributed by atoms with Crippen LogP contribution in [0.1, 0.15) is 31.2 Å². The highest BCUT2D eigenvalue weighted by atomic mass is 32.2. The predicted molar refractivity (Wildman–Crippen MR) is 72.0 cm³/mol. The molecular formula is C14H17NOS. The van der Waals surface area contributed by atoms with E-state index in [1.807, 2.05) is 18.4 Å². The number of pyridine rings is 1. The van der Waals surface area contributed by atoms with Crippen LogP contribution in [-0.4, -0.2) is 17.5 Å². The highest BCUT2D eigenvalue weighted by Gasteiger charge is 2.14. The Hall–Kier alpha value is -1.09. The Bertz CT molecular complexity index is 405. The molecule has 1 aromatic rings. The minimum Gasteiger partial charge on any atom is -0.298 e. The maximum atomic E-state index is 11.1. The predicted octanol–water partition coefficient (Wildman–Crippen LogP) is 3.58. The lowest BCUT2D eigenvalue weighted by Gasteiger charge is -2.05. The molecule has 1 fully saturated rings. The summed E-state index contributed by atoms with van der Waals surface area (Å²) in [5.74, 6) is 0.579. The molecule has 0 bridgehead atoms. The lowest BCUT2D eigenvalue weighted by molar-refractivity contribution is -0.103. The first kappa shape index (κ1) is 12.4. The highest BCUT2D eigenvalue weighted by Crippen LogP contribution is 2.28. The van der Waals surface area contributed by atoms with Crippen LogP contribution in [0, 0.1) is 5.92 Å². The van der Waals surface area contributed by atoms with Gasteiger partial charge in [0.2, 0.25) is 0 Å². The quantitative estimate of drug-likeness (QED) is 0.463. The second-order valence-corrected chi connectivity index (χ2v) is 5.20. The number of aldehydes is 1. The van der Waals surface area contributed by atoms with Crippen LogP contribution in [0.3, 0.4) is 0 Å². The van der Waals surface area contributed by atoms with Crippen LogP contribution in [0.4, 0.5) is 0 Å². The molecule has 1 aliphatic carbocycles. The third kappa shape index (κ3) is 3.19. The summed E-state index contributed by atoms with van der Waals surface area (Å²) in [5, 5.41) is 0.986. The standard InChI is InChI=1S/C14H17NOS/c1-17-14-7-6-12(9-15-14)13(10-16)8-11-4-2-3-5-11/h6-11H,2-5H2,1H3/b13-8-. The van der Waals surface area contributed by atoms with Gasteiger partial charge in [0.1, 0.15) is 6.29 Å². The van der Waals surface area contributed by atoms with Crippen molar-refractivity contribution >= 4 is 23.6 Å². The molecule has 1 aliphatic rings. The van der Waals surface area contributed by atoms with E-state index in [0.29, 0.717) is 5.92 Å². The third-order valence-electron chi connectivity index (χ3n) is 3.22. The monoisotopic (exact) mass is 247 g/mol. The maximum Gasteiger partial charge on any atom is 0.150 e. The van der Waals surface area contributed by atoms with Crippen molar-refractivity contribution in [2.75, 3.05) is 6.26 Å². The molecular weight excluding hydrogens is 230 g/mol. The normalized spacial score (nSPS) is 17.4. The van der Waals surface area contributed by atoms with Crippen LogP contribution in [0.15, 0.2) is 29.4 Å². The molecule has 0 amide bonds. The molecule has 2 nitrogen and oxygen atoms in total. The van der Waals surface area contributed by atoms with E-state index in [-0.39, 0.29) is 0 Å². The van der Waals surface area contributed by atoms with Gasteiger partial charge in [0, 0.05) is 17.3 Å². The van der Waals surface area contributed by atoms with E-state index in [1.54, 1.807) is 18.0 Å². The van der Waals surface area contributed by atoms with Gasteiger partial charge < -0.3 is 0 Å². The summed E-state index contributed by atoms with van der Waals surface area (Å²) in [7, 11) is 0. The first-order valence-corrected chi connectivity index (χ1v) is 7.23. The number of hydrogen-bond donors (Lipinski definition) is 0. The molecule has 3 heteroatoms. The first-order chi connectivity index (χ1) is 8.33. The van der Waals surface area contributed by atoms with Crippen molar-refractivity contribution in [3.05, 3.63) is 30.0 Å². The van der Waals surface area contributed by atoms with Crippen molar-refractivity contribution in [3.8, 4) is 0 Å². The zero-order valence-electron chi connectivity index (χ0n) is 10.1. The van der Waals surface area contributed by atoms with Crippen LogP contribution < -0.4 is 0 Å². The fraction of sp³-hybridized carbons (Fsp3) is 0.429. The zero-order valence-corrected chi connectivity index (χ0v) is 10.9. The molecule has 0 unspecified atom stereocenters. The van der Waals surface area contributed by atoms with Gasteiger partial charge in [0.05, 0.1) is 5.03 Å². The molecule has 0 aliphatic heterocycles. The topological polar surface area (TPSA) is 30.0 Å². The minimum atomic E-state index is 0.579. The number of thioether (sulfide) groups is 1. The maximum absolute atomic E-state index is 11.1. The summed E-state index contributed by atoms with van der Waals surface area (Å²) in [4.78, 5) is 15.5. The summed E-state index contributed by atoms with van der Waals surface area (Å²) in [6.07, 6.45) is 11.9. The van der Waals surface area contributed by atoms with Crippen molar-refractivity contribution < 1.29 is 4.79 Å². The number of hydrogen-bond acceptors (Lipinski definition) is 3. The summed E-state index contributed by atoms with van der Waals surface area (Å²) < 4.78 is 0. The summed E-state index contributed by atoms with van der Waals surface area (Å²) in [6.45, 7) is 0. The van der Waals surface area contributed by atoms with Crippen molar-refractivity contribution in [2.24, 2.45) is 5.92 Å². The van der Waals surface area contributed by atoms with E-state index in [9.17, 15) is 4.79 Å². The average Bonchev–Trinajstić information content (AvgIpc) is 2.89. The number of carbonyl (C=O) groups is 1. The Labute approximate surface area is 107 Å². The fourth-order valence-corrected chi connectivity index (χ4v) is 2.62. The number of aromatic nitrogens is 1. The van der Waals surface area contributed by atoms with Crippen molar-refractivity contribution in [1.82, 2.24) is 4.98 Å². The molecule has 1 aromatic heterocycles. The van der Waals surface area contributed by atoms with Gasteiger partial charge in [-0.05, 0) is 31.1 Å². The van der Waals surface area contributed by atoms with Gasteiger partial charge in [-0.15, -0.1) is 11.8 Å². The number of nitrogens with zero attached hydrogens (tertiary/aromatic N) is 1. The van der Waals surface area contributed by atoms with Crippen molar-refractivity contribution in [3.63, 3.8) is 0 Å². The molecule has 1 heterocycles. The lowest BCUT2D eigenvalue weighted by Crippen LogP contribution is -1.94.